The number of piperidine rings is 3. The van der Waals surface area contributed by atoms with Gasteiger partial charge in [-0.1, -0.05) is 108 Å². The van der Waals surface area contributed by atoms with E-state index in [-0.39, 0.29) is 54.3 Å². The fourth-order valence-corrected chi connectivity index (χ4v) is 12.2. The van der Waals surface area contributed by atoms with Gasteiger partial charge in [-0.25, -0.2) is 4.79 Å². The van der Waals surface area contributed by atoms with Crippen LogP contribution in [0.15, 0.2) is 109 Å². The molecule has 0 saturated carbocycles. The summed E-state index contributed by atoms with van der Waals surface area (Å²) in [6, 6.07) is 35.7. The average molecular weight is 1130 g/mol. The number of anilines is 3. The Morgan fingerprint density at radius 3 is 1.11 bits per heavy atom. The lowest BCUT2D eigenvalue weighted by Gasteiger charge is -2.33. The van der Waals surface area contributed by atoms with Crippen molar-refractivity contribution in [3.8, 4) is 11.5 Å². The first-order valence-corrected chi connectivity index (χ1v) is 31.3. The average Bonchev–Trinajstić information content (AvgIpc) is 3.50. The van der Waals surface area contributed by atoms with Gasteiger partial charge in [-0.3, -0.25) is 14.4 Å². The topological polar surface area (TPSA) is 153 Å². The van der Waals surface area contributed by atoms with Crippen LogP contribution in [-0.4, -0.2) is 81.3 Å². The van der Waals surface area contributed by atoms with E-state index < -0.39 is 5.97 Å². The summed E-state index contributed by atoms with van der Waals surface area (Å²) in [5, 5.41) is 19.4. The van der Waals surface area contributed by atoms with E-state index >= 15 is 0 Å². The van der Waals surface area contributed by atoms with Crippen molar-refractivity contribution in [1.82, 2.24) is 16.0 Å². The maximum atomic E-state index is 14.0. The van der Waals surface area contributed by atoms with Crippen molar-refractivity contribution in [2.75, 3.05) is 67.2 Å². The molecule has 0 aromatic heterocycles. The molecule has 0 spiro atoms. The standard InChI is InChI=1S/C43H60N4O3.C27H36N2O4/c1-6-50-41-29-33(30-42(48)44-37(27-31(2)3)34-17-9-11-19-39(34)46-23-13-7-14-24-46)21-22-36(41)43(49)45-38(28-32(4)5)35-18-10-12-20-40(35)47-25-15-8-16-26-47;1-4-33-25-17-20(12-13-22(25)27(31)32)18-26(30)28-23(16-19(2)3)21-10-6-7-11-24(21)29-14-8-5-9-15-29/h9-12,17-22,29,31-32,37-38H,6-8,13-16,23-28,30H2,1-5H3,(H,44,48)(H,45,49);6-7,10-13,17,19,23H,4-5,8-9,14-16,18H2,1-3H3,(H,28,30)(H,31,32)/t37-,38-;23-/m00/s1. The van der Waals surface area contributed by atoms with Gasteiger partial charge in [0.05, 0.1) is 49.7 Å². The van der Waals surface area contributed by atoms with Crippen LogP contribution in [0.2, 0.25) is 0 Å². The normalized spacial score (nSPS) is 15.7. The fraction of sp³-hybridized carbons (Fsp3) is 0.514. The minimum absolute atomic E-state index is 0.0323. The molecule has 13 nitrogen and oxygen atoms in total. The van der Waals surface area contributed by atoms with Gasteiger partial charge in [0.25, 0.3) is 5.91 Å². The van der Waals surface area contributed by atoms with Crippen LogP contribution < -0.4 is 40.1 Å². The second-order valence-corrected chi connectivity index (χ2v) is 24.2. The summed E-state index contributed by atoms with van der Waals surface area (Å²) >= 11 is 0. The summed E-state index contributed by atoms with van der Waals surface area (Å²) in [6.45, 7) is 24.0. The summed E-state index contributed by atoms with van der Waals surface area (Å²) in [5.41, 5.74) is 9.35. The number of carboxylic acids is 1. The van der Waals surface area contributed by atoms with Crippen molar-refractivity contribution in [3.05, 3.63) is 148 Å². The first-order valence-electron chi connectivity index (χ1n) is 31.3. The number of benzene rings is 5. The van der Waals surface area contributed by atoms with E-state index in [0.29, 0.717) is 48.0 Å². The van der Waals surface area contributed by atoms with E-state index in [1.54, 1.807) is 19.1 Å². The van der Waals surface area contributed by atoms with Crippen LogP contribution in [0.4, 0.5) is 17.1 Å². The van der Waals surface area contributed by atoms with Gasteiger partial charge in [-0.2, -0.15) is 0 Å². The highest BCUT2D eigenvalue weighted by molar-refractivity contribution is 5.97. The molecule has 3 fully saturated rings. The van der Waals surface area contributed by atoms with E-state index in [9.17, 15) is 24.3 Å². The van der Waals surface area contributed by atoms with Crippen molar-refractivity contribution in [3.63, 3.8) is 0 Å². The maximum Gasteiger partial charge on any atom is 0.339 e. The molecule has 13 heteroatoms. The number of carbonyl (C=O) groups is 4. The molecule has 3 aliphatic rings. The lowest BCUT2D eigenvalue weighted by Crippen LogP contribution is -2.34. The van der Waals surface area contributed by atoms with E-state index in [0.717, 1.165) is 75.2 Å². The predicted octanol–water partition coefficient (Wildman–Crippen LogP) is 14.2. The molecular weight excluding hydrogens is 1040 g/mol. The van der Waals surface area contributed by atoms with E-state index in [1.807, 2.05) is 31.2 Å². The lowest BCUT2D eigenvalue weighted by molar-refractivity contribution is -0.122. The molecule has 0 unspecified atom stereocenters. The van der Waals surface area contributed by atoms with Crippen LogP contribution in [0.5, 0.6) is 11.5 Å². The van der Waals surface area contributed by atoms with Crippen molar-refractivity contribution in [2.24, 2.45) is 17.8 Å². The first-order chi connectivity index (χ1) is 40.1. The lowest BCUT2D eigenvalue weighted by atomic mass is 9.94. The monoisotopic (exact) mass is 1130 g/mol. The summed E-state index contributed by atoms with van der Waals surface area (Å²) in [5.74, 6) is 0.729. The fourth-order valence-electron chi connectivity index (χ4n) is 12.2. The Labute approximate surface area is 496 Å². The highest BCUT2D eigenvalue weighted by Gasteiger charge is 2.28. The number of para-hydroxylation sites is 3. The third kappa shape index (κ3) is 18.7. The number of amides is 3. The van der Waals surface area contributed by atoms with Gasteiger partial charge in [-0.15, -0.1) is 0 Å². The zero-order chi connectivity index (χ0) is 59.3. The smallest absolute Gasteiger partial charge is 0.339 e. The van der Waals surface area contributed by atoms with Crippen LogP contribution in [0.25, 0.3) is 0 Å². The highest BCUT2D eigenvalue weighted by atomic mass is 16.5. The molecular formula is C70H96N6O7. The summed E-state index contributed by atoms with van der Waals surface area (Å²) in [4.78, 5) is 59.6. The molecule has 3 aliphatic heterocycles. The molecule has 5 aromatic rings. The van der Waals surface area contributed by atoms with Crippen molar-refractivity contribution in [1.29, 1.82) is 0 Å². The molecule has 3 heterocycles. The number of hydrogen-bond acceptors (Lipinski definition) is 9. The maximum absolute atomic E-state index is 14.0. The highest BCUT2D eigenvalue weighted by Crippen LogP contribution is 2.36. The third-order valence-electron chi connectivity index (χ3n) is 16.0. The second-order valence-electron chi connectivity index (χ2n) is 24.2. The van der Waals surface area contributed by atoms with Crippen molar-refractivity contribution in [2.45, 2.75) is 163 Å². The van der Waals surface area contributed by atoms with Crippen LogP contribution in [-0.2, 0) is 22.4 Å². The van der Waals surface area contributed by atoms with Crippen molar-refractivity contribution >= 4 is 40.8 Å². The number of nitrogens with zero attached hydrogens (tertiary/aromatic N) is 3. The van der Waals surface area contributed by atoms with Crippen LogP contribution in [0.3, 0.4) is 0 Å². The van der Waals surface area contributed by atoms with Gasteiger partial charge in [-0.05, 0) is 179 Å². The molecule has 0 aliphatic carbocycles. The Kier molecular flexibility index (Phi) is 24.6. The molecule has 3 saturated heterocycles. The molecule has 3 amide bonds. The Bertz CT molecular complexity index is 2870. The molecule has 448 valence electrons. The zero-order valence-corrected chi connectivity index (χ0v) is 51.2. The molecule has 0 bridgehead atoms. The molecule has 4 N–H and O–H groups in total. The predicted molar refractivity (Wildman–Crippen MR) is 337 cm³/mol. The number of ether oxygens (including phenoxy) is 2. The van der Waals surface area contributed by atoms with Gasteiger partial charge >= 0.3 is 5.97 Å². The summed E-state index contributed by atoms with van der Waals surface area (Å²) < 4.78 is 11.5. The van der Waals surface area contributed by atoms with Crippen LogP contribution in [0.1, 0.15) is 199 Å². The van der Waals surface area contributed by atoms with E-state index in [2.05, 4.69) is 139 Å². The molecule has 3 atom stereocenters. The van der Waals surface area contributed by atoms with Gasteiger partial charge in [0.15, 0.2) is 0 Å². The SMILES string of the molecule is CCOc1cc(CC(=O)N[C@@H](CC(C)C)c2ccccc2N2CCCCC2)ccc1C(=O)N[C@@H](CC(C)C)c1ccccc1N1CCCCC1.CCOc1cc(CC(=O)N[C@@H](CC(C)C)c2ccccc2N2CCCCC2)ccc1C(=O)O. The zero-order valence-electron chi connectivity index (χ0n) is 51.2. The largest absolute Gasteiger partial charge is 0.493 e. The number of nitrogens with one attached hydrogen (secondary N) is 3. The minimum Gasteiger partial charge on any atom is -0.493 e. The summed E-state index contributed by atoms with van der Waals surface area (Å²) in [6.07, 6.45) is 13.9. The first kappa shape index (κ1) is 63.6. The van der Waals surface area contributed by atoms with Crippen molar-refractivity contribution < 1.29 is 33.8 Å². The minimum atomic E-state index is -1.04. The van der Waals surface area contributed by atoms with Gasteiger partial charge in [0.2, 0.25) is 11.8 Å². The molecule has 83 heavy (non-hydrogen) atoms. The Hall–Kier alpha value is -7.02. The number of aromatic carboxylic acids is 1. The number of carboxylic acid groups (broad SMARTS) is 1. The Morgan fingerprint density at radius 2 is 0.771 bits per heavy atom. The number of rotatable bonds is 25. The Balaban J connectivity index is 0.000000260. The molecule has 5 aromatic carbocycles. The molecule has 8 rings (SSSR count). The van der Waals surface area contributed by atoms with Gasteiger partial charge in [0.1, 0.15) is 17.1 Å². The summed E-state index contributed by atoms with van der Waals surface area (Å²) in [7, 11) is 0. The van der Waals surface area contributed by atoms with Gasteiger partial charge in [0, 0.05) is 56.3 Å². The second kappa shape index (κ2) is 32.1. The van der Waals surface area contributed by atoms with Crippen LogP contribution >= 0.6 is 0 Å². The quantitative estimate of drug-likeness (QED) is 0.0444. The molecule has 0 radical (unpaired) electrons. The van der Waals surface area contributed by atoms with E-state index in [1.165, 1.54) is 92.0 Å². The van der Waals surface area contributed by atoms with E-state index in [4.69, 9.17) is 9.47 Å². The third-order valence-corrected chi connectivity index (χ3v) is 16.0. The Morgan fingerprint density at radius 1 is 0.446 bits per heavy atom. The number of carbonyl (C=O) groups excluding carboxylic acids is 3. The van der Waals surface area contributed by atoms with Crippen LogP contribution in [0, 0.1) is 17.8 Å². The van der Waals surface area contributed by atoms with Gasteiger partial charge < -0.3 is 45.2 Å². The number of hydrogen-bond donors (Lipinski definition) is 4.